The smallest absolute Gasteiger partial charge is 0.258 e. The van der Waals surface area contributed by atoms with Gasteiger partial charge in [-0.1, -0.05) is 6.07 Å². The fourth-order valence-corrected chi connectivity index (χ4v) is 2.43. The molecular formula is C21H22N4O3. The average Bonchev–Trinajstić information content (AvgIpc) is 2.70. The summed E-state index contributed by atoms with van der Waals surface area (Å²) in [5.74, 6) is 1.56. The minimum Gasteiger partial charge on any atom is -0.497 e. The van der Waals surface area contributed by atoms with Crippen molar-refractivity contribution in [1.29, 1.82) is 0 Å². The van der Waals surface area contributed by atoms with E-state index in [1.807, 2.05) is 38.1 Å². The fourth-order valence-electron chi connectivity index (χ4n) is 2.43. The first-order chi connectivity index (χ1) is 13.5. The molecule has 0 radical (unpaired) electrons. The Morgan fingerprint density at radius 2 is 1.68 bits per heavy atom. The van der Waals surface area contributed by atoms with Gasteiger partial charge in [-0.25, -0.2) is 9.97 Å². The van der Waals surface area contributed by atoms with Crippen LogP contribution in [0.25, 0.3) is 0 Å². The largest absolute Gasteiger partial charge is 0.497 e. The van der Waals surface area contributed by atoms with Crippen molar-refractivity contribution in [2.45, 2.75) is 20.0 Å². The summed E-state index contributed by atoms with van der Waals surface area (Å²) < 4.78 is 10.8. The number of methoxy groups -OCH3 is 1. The lowest BCUT2D eigenvalue weighted by Crippen LogP contribution is -2.13. The Morgan fingerprint density at radius 3 is 2.32 bits per heavy atom. The number of hydrogen-bond donors (Lipinski definition) is 2. The van der Waals surface area contributed by atoms with Gasteiger partial charge in [0, 0.05) is 29.8 Å². The van der Waals surface area contributed by atoms with Crippen molar-refractivity contribution in [1.82, 2.24) is 9.97 Å². The first-order valence-electron chi connectivity index (χ1n) is 8.84. The van der Waals surface area contributed by atoms with Gasteiger partial charge in [-0.05, 0) is 50.2 Å². The first-order valence-corrected chi connectivity index (χ1v) is 8.84. The molecule has 2 aromatic carbocycles. The zero-order valence-electron chi connectivity index (χ0n) is 16.0. The monoisotopic (exact) mass is 378 g/mol. The number of rotatable bonds is 7. The molecule has 0 aliphatic carbocycles. The Kier molecular flexibility index (Phi) is 6.06. The second-order valence-electron chi connectivity index (χ2n) is 6.30. The first kappa shape index (κ1) is 19.2. The van der Waals surface area contributed by atoms with Gasteiger partial charge in [0.15, 0.2) is 0 Å². The van der Waals surface area contributed by atoms with Crippen LogP contribution in [-0.2, 0) is 0 Å². The van der Waals surface area contributed by atoms with Crippen LogP contribution in [0.1, 0.15) is 24.2 Å². The molecule has 0 spiro atoms. The van der Waals surface area contributed by atoms with Crippen molar-refractivity contribution in [3.05, 3.63) is 66.5 Å². The Balaban J connectivity index is 1.61. The number of amides is 1. The summed E-state index contributed by atoms with van der Waals surface area (Å²) >= 11 is 0. The topological polar surface area (TPSA) is 85.4 Å². The van der Waals surface area contributed by atoms with Crippen LogP contribution in [0.15, 0.2) is 60.9 Å². The van der Waals surface area contributed by atoms with Crippen LogP contribution in [0.3, 0.4) is 0 Å². The summed E-state index contributed by atoms with van der Waals surface area (Å²) in [4.78, 5) is 20.7. The van der Waals surface area contributed by atoms with Crippen molar-refractivity contribution in [3.8, 4) is 11.5 Å². The highest BCUT2D eigenvalue weighted by molar-refractivity contribution is 6.04. The van der Waals surface area contributed by atoms with Crippen LogP contribution in [-0.4, -0.2) is 29.1 Å². The molecule has 1 amide bonds. The van der Waals surface area contributed by atoms with Crippen LogP contribution in [0, 0.1) is 0 Å². The summed E-state index contributed by atoms with van der Waals surface area (Å²) in [6.45, 7) is 3.96. The van der Waals surface area contributed by atoms with E-state index in [0.717, 1.165) is 11.4 Å². The van der Waals surface area contributed by atoms with E-state index < -0.39 is 0 Å². The lowest BCUT2D eigenvalue weighted by atomic mass is 10.2. The van der Waals surface area contributed by atoms with E-state index in [2.05, 4.69) is 20.6 Å². The quantitative estimate of drug-likeness (QED) is 0.639. The molecule has 3 rings (SSSR count). The van der Waals surface area contributed by atoms with Crippen molar-refractivity contribution >= 4 is 23.2 Å². The minimum atomic E-state index is -0.296. The molecule has 0 saturated heterocycles. The Bertz CT molecular complexity index is 925. The number of nitrogens with one attached hydrogen (secondary N) is 2. The molecule has 28 heavy (non-hydrogen) atoms. The zero-order chi connectivity index (χ0) is 19.9. The SMILES string of the molecule is COc1cccc(NC(=O)c2cnc(Nc3ccc(OC(C)C)cc3)nc2)c1. The number of anilines is 3. The number of benzene rings is 2. The van der Waals surface area contributed by atoms with Gasteiger partial charge in [0.2, 0.25) is 5.95 Å². The summed E-state index contributed by atoms with van der Waals surface area (Å²) in [5, 5.41) is 5.88. The molecule has 0 saturated carbocycles. The van der Waals surface area contributed by atoms with E-state index in [1.165, 1.54) is 12.4 Å². The molecule has 7 heteroatoms. The van der Waals surface area contributed by atoms with Crippen LogP contribution in [0.5, 0.6) is 11.5 Å². The second kappa shape index (κ2) is 8.85. The predicted molar refractivity (Wildman–Crippen MR) is 108 cm³/mol. The standard InChI is InChI=1S/C21H22N4O3/c1-14(2)28-18-9-7-16(8-10-18)25-21-22-12-15(13-23-21)20(26)24-17-5-4-6-19(11-17)27-3/h4-14H,1-3H3,(H,24,26)(H,22,23,25). The van der Waals surface area contributed by atoms with Crippen LogP contribution in [0.4, 0.5) is 17.3 Å². The third-order valence-corrected chi connectivity index (χ3v) is 3.72. The number of carbonyl (C=O) groups excluding carboxylic acids is 1. The molecule has 3 aromatic rings. The van der Waals surface area contributed by atoms with E-state index in [-0.39, 0.29) is 12.0 Å². The summed E-state index contributed by atoms with van der Waals surface area (Å²) in [6, 6.07) is 14.6. The fraction of sp³-hybridized carbons (Fsp3) is 0.190. The molecular weight excluding hydrogens is 356 g/mol. The highest BCUT2D eigenvalue weighted by Crippen LogP contribution is 2.20. The van der Waals surface area contributed by atoms with Gasteiger partial charge in [-0.2, -0.15) is 0 Å². The van der Waals surface area contributed by atoms with E-state index >= 15 is 0 Å². The minimum absolute atomic E-state index is 0.123. The van der Waals surface area contributed by atoms with E-state index in [9.17, 15) is 4.79 Å². The number of hydrogen-bond acceptors (Lipinski definition) is 6. The molecule has 0 fully saturated rings. The van der Waals surface area contributed by atoms with E-state index in [0.29, 0.717) is 22.9 Å². The van der Waals surface area contributed by atoms with Crippen LogP contribution in [0.2, 0.25) is 0 Å². The van der Waals surface area contributed by atoms with E-state index in [1.54, 1.807) is 31.4 Å². The highest BCUT2D eigenvalue weighted by atomic mass is 16.5. The summed E-state index contributed by atoms with van der Waals surface area (Å²) in [7, 11) is 1.57. The maximum absolute atomic E-state index is 12.3. The molecule has 0 bridgehead atoms. The number of ether oxygens (including phenoxy) is 2. The maximum Gasteiger partial charge on any atom is 0.258 e. The van der Waals surface area contributed by atoms with Gasteiger partial charge in [0.25, 0.3) is 5.91 Å². The molecule has 7 nitrogen and oxygen atoms in total. The highest BCUT2D eigenvalue weighted by Gasteiger charge is 2.09. The number of carbonyl (C=O) groups is 1. The lowest BCUT2D eigenvalue weighted by Gasteiger charge is -2.10. The molecule has 0 unspecified atom stereocenters. The average molecular weight is 378 g/mol. The van der Waals surface area contributed by atoms with Gasteiger partial charge in [-0.3, -0.25) is 4.79 Å². The third kappa shape index (κ3) is 5.20. The van der Waals surface area contributed by atoms with Crippen molar-refractivity contribution < 1.29 is 14.3 Å². The number of nitrogens with zero attached hydrogens (tertiary/aromatic N) is 2. The summed E-state index contributed by atoms with van der Waals surface area (Å²) in [5.41, 5.74) is 1.81. The molecule has 2 N–H and O–H groups in total. The molecule has 0 aliphatic heterocycles. The van der Waals surface area contributed by atoms with Gasteiger partial charge >= 0.3 is 0 Å². The van der Waals surface area contributed by atoms with Crippen molar-refractivity contribution in [3.63, 3.8) is 0 Å². The van der Waals surface area contributed by atoms with Crippen LogP contribution >= 0.6 is 0 Å². The van der Waals surface area contributed by atoms with Crippen molar-refractivity contribution in [2.75, 3.05) is 17.7 Å². The number of aromatic nitrogens is 2. The van der Waals surface area contributed by atoms with Crippen molar-refractivity contribution in [2.24, 2.45) is 0 Å². The molecule has 1 heterocycles. The maximum atomic E-state index is 12.3. The van der Waals surface area contributed by atoms with Crippen LogP contribution < -0.4 is 20.1 Å². The predicted octanol–water partition coefficient (Wildman–Crippen LogP) is 4.27. The van der Waals surface area contributed by atoms with Gasteiger partial charge in [0.05, 0.1) is 18.8 Å². The Hall–Kier alpha value is -3.61. The van der Waals surface area contributed by atoms with Gasteiger partial charge in [-0.15, -0.1) is 0 Å². The molecule has 144 valence electrons. The van der Waals surface area contributed by atoms with Gasteiger partial charge < -0.3 is 20.1 Å². The molecule has 0 aliphatic rings. The second-order valence-corrected chi connectivity index (χ2v) is 6.30. The molecule has 0 atom stereocenters. The summed E-state index contributed by atoms with van der Waals surface area (Å²) in [6.07, 6.45) is 3.07. The Morgan fingerprint density at radius 1 is 0.964 bits per heavy atom. The van der Waals surface area contributed by atoms with Gasteiger partial charge in [0.1, 0.15) is 11.5 Å². The Labute approximate surface area is 163 Å². The zero-order valence-corrected chi connectivity index (χ0v) is 16.0. The normalized spacial score (nSPS) is 10.4. The third-order valence-electron chi connectivity index (χ3n) is 3.72. The lowest BCUT2D eigenvalue weighted by molar-refractivity contribution is 0.102. The molecule has 1 aromatic heterocycles. The van der Waals surface area contributed by atoms with E-state index in [4.69, 9.17) is 9.47 Å².